The lowest BCUT2D eigenvalue weighted by Crippen LogP contribution is -2.45. The monoisotopic (exact) mass is 370 g/mol. The van der Waals surface area contributed by atoms with E-state index in [9.17, 15) is 4.79 Å². The van der Waals surface area contributed by atoms with Gasteiger partial charge in [0, 0.05) is 31.2 Å². The fourth-order valence-corrected chi connectivity index (χ4v) is 3.26. The van der Waals surface area contributed by atoms with Crippen LogP contribution >= 0.6 is 0 Å². The van der Waals surface area contributed by atoms with Gasteiger partial charge in [-0.1, -0.05) is 12.1 Å². The van der Waals surface area contributed by atoms with E-state index in [2.05, 4.69) is 10.6 Å². The molecule has 2 aromatic carbocycles. The lowest BCUT2D eigenvalue weighted by molar-refractivity contribution is 0.0526. The number of esters is 1. The molecule has 0 aliphatic carbocycles. The van der Waals surface area contributed by atoms with Gasteiger partial charge in [-0.25, -0.2) is 4.79 Å². The summed E-state index contributed by atoms with van der Waals surface area (Å²) in [5.41, 5.74) is 2.79. The standard InChI is InChI=1S/C21H26N2O4/c1-4-27-21(24)15-7-5-14(6-8-15)19-12-22-13-20(23-19)16-9-17(25-2)11-18(10-16)26-3/h5-11,19-20,22-23H,4,12-13H2,1-3H3. The Morgan fingerprint density at radius 2 is 1.56 bits per heavy atom. The summed E-state index contributed by atoms with van der Waals surface area (Å²) in [6, 6.07) is 13.7. The summed E-state index contributed by atoms with van der Waals surface area (Å²) in [6.07, 6.45) is 0. The molecule has 1 saturated heterocycles. The third-order valence-electron chi connectivity index (χ3n) is 4.70. The molecular weight excluding hydrogens is 344 g/mol. The molecule has 27 heavy (non-hydrogen) atoms. The number of benzene rings is 2. The largest absolute Gasteiger partial charge is 0.497 e. The van der Waals surface area contributed by atoms with Crippen LogP contribution in [0.5, 0.6) is 11.5 Å². The zero-order chi connectivity index (χ0) is 19.2. The molecule has 2 aromatic rings. The van der Waals surface area contributed by atoms with Gasteiger partial charge in [0.1, 0.15) is 11.5 Å². The van der Waals surface area contributed by atoms with Crippen molar-refractivity contribution in [3.63, 3.8) is 0 Å². The highest BCUT2D eigenvalue weighted by atomic mass is 16.5. The van der Waals surface area contributed by atoms with Crippen LogP contribution in [0, 0.1) is 0 Å². The van der Waals surface area contributed by atoms with E-state index in [1.165, 1.54) is 0 Å². The van der Waals surface area contributed by atoms with E-state index >= 15 is 0 Å². The van der Waals surface area contributed by atoms with Crippen molar-refractivity contribution in [2.45, 2.75) is 19.0 Å². The van der Waals surface area contributed by atoms with Crippen LogP contribution in [0.25, 0.3) is 0 Å². The maximum atomic E-state index is 11.8. The van der Waals surface area contributed by atoms with Crippen molar-refractivity contribution in [3.05, 3.63) is 59.2 Å². The highest BCUT2D eigenvalue weighted by molar-refractivity contribution is 5.89. The van der Waals surface area contributed by atoms with E-state index in [1.807, 2.05) is 42.5 Å². The van der Waals surface area contributed by atoms with Crippen LogP contribution in [0.15, 0.2) is 42.5 Å². The zero-order valence-corrected chi connectivity index (χ0v) is 16.0. The number of hydrogen-bond donors (Lipinski definition) is 2. The molecule has 3 rings (SSSR count). The molecule has 0 spiro atoms. The summed E-state index contributed by atoms with van der Waals surface area (Å²) < 4.78 is 15.8. The molecule has 2 atom stereocenters. The number of hydrogen-bond acceptors (Lipinski definition) is 6. The van der Waals surface area contributed by atoms with Crippen LogP contribution in [0.4, 0.5) is 0 Å². The summed E-state index contributed by atoms with van der Waals surface area (Å²) in [5.74, 6) is 1.25. The number of ether oxygens (including phenoxy) is 3. The van der Waals surface area contributed by atoms with Crippen LogP contribution in [-0.2, 0) is 4.74 Å². The van der Waals surface area contributed by atoms with Gasteiger partial charge in [0.05, 0.1) is 26.4 Å². The minimum Gasteiger partial charge on any atom is -0.497 e. The Balaban J connectivity index is 1.75. The molecule has 1 aliphatic rings. The van der Waals surface area contributed by atoms with Crippen molar-refractivity contribution in [1.82, 2.24) is 10.6 Å². The average molecular weight is 370 g/mol. The molecule has 6 nitrogen and oxygen atoms in total. The van der Waals surface area contributed by atoms with Gasteiger partial charge >= 0.3 is 5.97 Å². The van der Waals surface area contributed by atoms with Crippen LogP contribution in [0.2, 0.25) is 0 Å². The van der Waals surface area contributed by atoms with E-state index < -0.39 is 0 Å². The van der Waals surface area contributed by atoms with Gasteiger partial charge < -0.3 is 24.8 Å². The predicted octanol–water partition coefficient (Wildman–Crippen LogP) is 2.86. The first-order chi connectivity index (χ1) is 13.1. The molecule has 144 valence electrons. The molecule has 0 radical (unpaired) electrons. The first kappa shape index (κ1) is 19.2. The summed E-state index contributed by atoms with van der Waals surface area (Å²) in [7, 11) is 3.30. The Morgan fingerprint density at radius 1 is 0.963 bits per heavy atom. The molecular formula is C21H26N2O4. The maximum Gasteiger partial charge on any atom is 0.338 e. The fraction of sp³-hybridized carbons (Fsp3) is 0.381. The molecule has 1 aliphatic heterocycles. The quantitative estimate of drug-likeness (QED) is 0.762. The first-order valence-electron chi connectivity index (χ1n) is 9.11. The Morgan fingerprint density at radius 3 is 2.11 bits per heavy atom. The molecule has 0 bridgehead atoms. The van der Waals surface area contributed by atoms with E-state index in [1.54, 1.807) is 21.1 Å². The molecule has 0 saturated carbocycles. The van der Waals surface area contributed by atoms with E-state index in [0.717, 1.165) is 35.7 Å². The molecule has 0 aromatic heterocycles. The van der Waals surface area contributed by atoms with Gasteiger partial charge in [0.15, 0.2) is 0 Å². The summed E-state index contributed by atoms with van der Waals surface area (Å²) >= 11 is 0. The lowest BCUT2D eigenvalue weighted by atomic mass is 9.98. The van der Waals surface area contributed by atoms with Gasteiger partial charge in [-0.2, -0.15) is 0 Å². The highest BCUT2D eigenvalue weighted by Crippen LogP contribution is 2.29. The smallest absolute Gasteiger partial charge is 0.338 e. The Bertz CT molecular complexity index is 754. The maximum absolute atomic E-state index is 11.8. The first-order valence-corrected chi connectivity index (χ1v) is 9.11. The van der Waals surface area contributed by atoms with E-state index in [0.29, 0.717) is 12.2 Å². The number of methoxy groups -OCH3 is 2. The van der Waals surface area contributed by atoms with Gasteiger partial charge in [-0.15, -0.1) is 0 Å². The van der Waals surface area contributed by atoms with Crippen molar-refractivity contribution >= 4 is 5.97 Å². The number of rotatable bonds is 6. The van der Waals surface area contributed by atoms with Gasteiger partial charge in [0.25, 0.3) is 0 Å². The molecule has 1 fully saturated rings. The molecule has 6 heteroatoms. The molecule has 2 unspecified atom stereocenters. The summed E-state index contributed by atoms with van der Waals surface area (Å²) in [5, 5.41) is 7.15. The lowest BCUT2D eigenvalue weighted by Gasteiger charge is -2.33. The normalized spacial score (nSPS) is 19.4. The second-order valence-corrected chi connectivity index (χ2v) is 6.42. The van der Waals surface area contributed by atoms with Gasteiger partial charge in [0.2, 0.25) is 0 Å². The van der Waals surface area contributed by atoms with E-state index in [4.69, 9.17) is 14.2 Å². The van der Waals surface area contributed by atoms with Crippen molar-refractivity contribution in [3.8, 4) is 11.5 Å². The van der Waals surface area contributed by atoms with Crippen molar-refractivity contribution < 1.29 is 19.0 Å². The Labute approximate surface area is 159 Å². The minimum atomic E-state index is -0.292. The van der Waals surface area contributed by atoms with Crippen LogP contribution < -0.4 is 20.1 Å². The number of nitrogens with one attached hydrogen (secondary N) is 2. The van der Waals surface area contributed by atoms with Crippen LogP contribution in [0.3, 0.4) is 0 Å². The van der Waals surface area contributed by atoms with Crippen molar-refractivity contribution in [2.24, 2.45) is 0 Å². The van der Waals surface area contributed by atoms with Gasteiger partial charge in [-0.3, -0.25) is 0 Å². The molecule has 2 N–H and O–H groups in total. The summed E-state index contributed by atoms with van der Waals surface area (Å²) in [4.78, 5) is 11.8. The van der Waals surface area contributed by atoms with Crippen molar-refractivity contribution in [2.75, 3.05) is 33.9 Å². The Hall–Kier alpha value is -2.57. The van der Waals surface area contributed by atoms with Crippen LogP contribution in [0.1, 0.15) is 40.5 Å². The highest BCUT2D eigenvalue weighted by Gasteiger charge is 2.24. The third kappa shape index (κ3) is 4.59. The topological polar surface area (TPSA) is 68.8 Å². The second kappa shape index (κ2) is 8.88. The summed E-state index contributed by atoms with van der Waals surface area (Å²) in [6.45, 7) is 3.81. The fourth-order valence-electron chi connectivity index (χ4n) is 3.26. The number of carbonyl (C=O) groups excluding carboxylic acids is 1. The number of piperazine rings is 1. The predicted molar refractivity (Wildman–Crippen MR) is 103 cm³/mol. The van der Waals surface area contributed by atoms with E-state index in [-0.39, 0.29) is 18.1 Å². The van der Waals surface area contributed by atoms with Gasteiger partial charge in [-0.05, 0) is 42.3 Å². The minimum absolute atomic E-state index is 0.123. The average Bonchev–Trinajstić information content (AvgIpc) is 2.73. The second-order valence-electron chi connectivity index (χ2n) is 6.42. The number of carbonyl (C=O) groups is 1. The molecule has 0 amide bonds. The zero-order valence-electron chi connectivity index (χ0n) is 16.0. The van der Waals surface area contributed by atoms with Crippen molar-refractivity contribution in [1.29, 1.82) is 0 Å². The Kier molecular flexibility index (Phi) is 6.32. The third-order valence-corrected chi connectivity index (χ3v) is 4.70. The molecule has 1 heterocycles. The van der Waals surface area contributed by atoms with Crippen LogP contribution in [-0.4, -0.2) is 39.9 Å². The SMILES string of the molecule is CCOC(=O)c1ccc(C2CNCC(c3cc(OC)cc(OC)c3)N2)cc1.